The maximum Gasteiger partial charge on any atom is 0.319 e. The molecule has 22 heavy (non-hydrogen) atoms. The second-order valence-corrected chi connectivity index (χ2v) is 8.66. The lowest BCUT2D eigenvalue weighted by molar-refractivity contribution is 0.163. The van der Waals surface area contributed by atoms with Crippen molar-refractivity contribution in [2.24, 2.45) is 5.92 Å². The predicted molar refractivity (Wildman–Crippen MR) is 94.5 cm³/mol. The SMILES string of the molecule is CC(O)CC(C)CNC(=O)Nc1ccc(SC(C)(C)C)cc1. The molecule has 0 spiro atoms. The van der Waals surface area contributed by atoms with Gasteiger partial charge in [0.2, 0.25) is 0 Å². The molecule has 1 rings (SSSR count). The Hall–Kier alpha value is -1.20. The van der Waals surface area contributed by atoms with Crippen LogP contribution in [0.15, 0.2) is 29.2 Å². The number of anilines is 1. The summed E-state index contributed by atoms with van der Waals surface area (Å²) in [7, 11) is 0. The van der Waals surface area contributed by atoms with Crippen LogP contribution in [0.5, 0.6) is 0 Å². The summed E-state index contributed by atoms with van der Waals surface area (Å²) in [4.78, 5) is 13.0. The van der Waals surface area contributed by atoms with Crippen LogP contribution in [-0.4, -0.2) is 28.5 Å². The van der Waals surface area contributed by atoms with E-state index >= 15 is 0 Å². The van der Waals surface area contributed by atoms with Crippen molar-refractivity contribution in [2.45, 2.75) is 56.8 Å². The number of thioether (sulfide) groups is 1. The predicted octanol–water partition coefficient (Wildman–Crippen LogP) is 4.11. The summed E-state index contributed by atoms with van der Waals surface area (Å²) in [5, 5.41) is 14.9. The molecule has 0 aromatic heterocycles. The number of aliphatic hydroxyl groups is 1. The third-order valence-corrected chi connectivity index (χ3v) is 4.01. The summed E-state index contributed by atoms with van der Waals surface area (Å²) in [6.07, 6.45) is 0.339. The van der Waals surface area contributed by atoms with Crippen molar-refractivity contribution < 1.29 is 9.90 Å². The minimum atomic E-state index is -0.340. The van der Waals surface area contributed by atoms with E-state index < -0.39 is 0 Å². The highest BCUT2D eigenvalue weighted by Gasteiger charge is 2.12. The van der Waals surface area contributed by atoms with Crippen LogP contribution in [0.4, 0.5) is 10.5 Å². The monoisotopic (exact) mass is 324 g/mol. The van der Waals surface area contributed by atoms with E-state index in [1.807, 2.05) is 31.2 Å². The summed E-state index contributed by atoms with van der Waals surface area (Å²) in [5.74, 6) is 0.247. The summed E-state index contributed by atoms with van der Waals surface area (Å²) >= 11 is 1.80. The molecule has 0 aliphatic heterocycles. The smallest absolute Gasteiger partial charge is 0.319 e. The lowest BCUT2D eigenvalue weighted by Crippen LogP contribution is -2.33. The number of benzene rings is 1. The Balaban J connectivity index is 2.41. The van der Waals surface area contributed by atoms with Crippen molar-refractivity contribution in [3.8, 4) is 0 Å². The molecule has 2 atom stereocenters. The minimum Gasteiger partial charge on any atom is -0.393 e. The third kappa shape index (κ3) is 8.29. The first kappa shape index (κ1) is 18.8. The molecule has 4 nitrogen and oxygen atoms in total. The van der Waals surface area contributed by atoms with E-state index in [0.717, 1.165) is 5.69 Å². The fourth-order valence-electron chi connectivity index (χ4n) is 2.07. The van der Waals surface area contributed by atoms with Gasteiger partial charge in [-0.2, -0.15) is 0 Å². The number of carbonyl (C=O) groups is 1. The van der Waals surface area contributed by atoms with E-state index in [0.29, 0.717) is 13.0 Å². The van der Waals surface area contributed by atoms with E-state index in [1.54, 1.807) is 18.7 Å². The Kier molecular flexibility index (Phi) is 7.23. The van der Waals surface area contributed by atoms with Gasteiger partial charge < -0.3 is 15.7 Å². The van der Waals surface area contributed by atoms with Crippen molar-refractivity contribution in [1.29, 1.82) is 0 Å². The van der Waals surface area contributed by atoms with Crippen LogP contribution in [0.25, 0.3) is 0 Å². The molecule has 1 aromatic carbocycles. The number of nitrogens with one attached hydrogen (secondary N) is 2. The molecule has 3 N–H and O–H groups in total. The van der Waals surface area contributed by atoms with Crippen molar-refractivity contribution in [1.82, 2.24) is 5.32 Å². The van der Waals surface area contributed by atoms with E-state index in [2.05, 4.69) is 31.4 Å². The van der Waals surface area contributed by atoms with Gasteiger partial charge in [0.25, 0.3) is 0 Å². The molecule has 0 fully saturated rings. The Bertz CT molecular complexity index is 467. The van der Waals surface area contributed by atoms with Crippen molar-refractivity contribution in [2.75, 3.05) is 11.9 Å². The molecule has 0 bridgehead atoms. The van der Waals surface area contributed by atoms with Gasteiger partial charge in [0.1, 0.15) is 0 Å². The Morgan fingerprint density at radius 2 is 1.82 bits per heavy atom. The molecular weight excluding hydrogens is 296 g/mol. The van der Waals surface area contributed by atoms with Crippen molar-refractivity contribution in [3.05, 3.63) is 24.3 Å². The lowest BCUT2D eigenvalue weighted by atomic mass is 10.1. The number of amides is 2. The molecule has 0 saturated heterocycles. The second kappa shape index (κ2) is 8.44. The molecule has 0 aliphatic rings. The quantitative estimate of drug-likeness (QED) is 0.690. The van der Waals surface area contributed by atoms with Gasteiger partial charge in [-0.1, -0.05) is 27.7 Å². The molecular formula is C17H28N2O2S. The average molecular weight is 324 g/mol. The largest absolute Gasteiger partial charge is 0.393 e. The number of hydrogen-bond donors (Lipinski definition) is 3. The summed E-state index contributed by atoms with van der Waals surface area (Å²) in [6.45, 7) is 10.8. The van der Waals surface area contributed by atoms with Crippen LogP contribution >= 0.6 is 11.8 Å². The molecule has 0 aliphatic carbocycles. The Labute approximate surface area is 138 Å². The minimum absolute atomic E-state index is 0.173. The third-order valence-electron chi connectivity index (χ3n) is 2.89. The van der Waals surface area contributed by atoms with Gasteiger partial charge in [0.05, 0.1) is 6.10 Å². The van der Waals surface area contributed by atoms with Gasteiger partial charge in [-0.3, -0.25) is 0 Å². The maximum absolute atomic E-state index is 11.8. The van der Waals surface area contributed by atoms with Crippen LogP contribution in [0.3, 0.4) is 0 Å². The molecule has 0 saturated carbocycles. The first-order valence-corrected chi connectivity index (χ1v) is 8.49. The number of carbonyl (C=O) groups excluding carboxylic acids is 1. The highest BCUT2D eigenvalue weighted by atomic mass is 32.2. The molecule has 0 radical (unpaired) electrons. The average Bonchev–Trinajstić information content (AvgIpc) is 2.36. The van der Waals surface area contributed by atoms with Crippen LogP contribution in [0.2, 0.25) is 0 Å². The zero-order valence-electron chi connectivity index (χ0n) is 14.1. The molecule has 0 heterocycles. The number of hydrogen-bond acceptors (Lipinski definition) is 3. The Morgan fingerprint density at radius 3 is 2.32 bits per heavy atom. The fourth-order valence-corrected chi connectivity index (χ4v) is 3.05. The lowest BCUT2D eigenvalue weighted by Gasteiger charge is -2.18. The van der Waals surface area contributed by atoms with Crippen LogP contribution in [0.1, 0.15) is 41.0 Å². The zero-order valence-corrected chi connectivity index (χ0v) is 15.0. The van der Waals surface area contributed by atoms with Crippen molar-refractivity contribution in [3.63, 3.8) is 0 Å². The summed E-state index contributed by atoms with van der Waals surface area (Å²) < 4.78 is 0.173. The second-order valence-electron chi connectivity index (χ2n) is 6.76. The summed E-state index contributed by atoms with van der Waals surface area (Å²) in [5.41, 5.74) is 0.777. The molecule has 5 heteroatoms. The van der Waals surface area contributed by atoms with Gasteiger partial charge in [-0.05, 0) is 43.5 Å². The first-order chi connectivity index (χ1) is 10.2. The maximum atomic E-state index is 11.8. The standard InChI is InChI=1S/C17H28N2O2S/c1-12(10-13(2)20)11-18-16(21)19-14-6-8-15(9-7-14)22-17(3,4)5/h6-9,12-13,20H,10-11H2,1-5H3,(H2,18,19,21). The highest BCUT2D eigenvalue weighted by molar-refractivity contribution is 8.00. The van der Waals surface area contributed by atoms with E-state index in [-0.39, 0.29) is 22.8 Å². The van der Waals surface area contributed by atoms with E-state index in [4.69, 9.17) is 0 Å². The summed E-state index contributed by atoms with van der Waals surface area (Å²) in [6, 6.07) is 7.64. The first-order valence-electron chi connectivity index (χ1n) is 7.67. The number of aliphatic hydroxyl groups excluding tert-OH is 1. The molecule has 1 aromatic rings. The number of urea groups is 1. The van der Waals surface area contributed by atoms with Crippen molar-refractivity contribution >= 4 is 23.5 Å². The normalized spacial score (nSPS) is 14.3. The number of rotatable bonds is 6. The van der Waals surface area contributed by atoms with Gasteiger partial charge in [0.15, 0.2) is 0 Å². The van der Waals surface area contributed by atoms with Gasteiger partial charge in [0, 0.05) is 21.9 Å². The molecule has 124 valence electrons. The topological polar surface area (TPSA) is 61.4 Å². The van der Waals surface area contributed by atoms with Gasteiger partial charge >= 0.3 is 6.03 Å². The van der Waals surface area contributed by atoms with Gasteiger partial charge in [-0.25, -0.2) is 4.79 Å². The molecule has 2 unspecified atom stereocenters. The fraction of sp³-hybridized carbons (Fsp3) is 0.588. The zero-order chi connectivity index (χ0) is 16.8. The van der Waals surface area contributed by atoms with E-state index in [1.165, 1.54) is 4.90 Å². The van der Waals surface area contributed by atoms with Gasteiger partial charge in [-0.15, -0.1) is 11.8 Å². The highest BCUT2D eigenvalue weighted by Crippen LogP contribution is 2.32. The van der Waals surface area contributed by atoms with Crippen LogP contribution in [-0.2, 0) is 0 Å². The Morgan fingerprint density at radius 1 is 1.23 bits per heavy atom. The van der Waals surface area contributed by atoms with Crippen LogP contribution < -0.4 is 10.6 Å². The van der Waals surface area contributed by atoms with E-state index in [9.17, 15) is 9.90 Å². The van der Waals surface area contributed by atoms with Crippen LogP contribution in [0, 0.1) is 5.92 Å². The molecule has 2 amide bonds.